The number of carbonyl (C=O) groups excluding carboxylic acids is 1. The third kappa shape index (κ3) is 3.79. The number of benzene rings is 1. The molecule has 20 heavy (non-hydrogen) atoms. The predicted molar refractivity (Wildman–Crippen MR) is 84.6 cm³/mol. The summed E-state index contributed by atoms with van der Waals surface area (Å²) in [6.45, 7) is 6.32. The summed E-state index contributed by atoms with van der Waals surface area (Å²) < 4.78 is 5.09. The number of hydrogen-bond donors (Lipinski definition) is 1. The number of anilines is 2. The number of nitrogens with two attached hydrogens (primary N) is 1. The van der Waals surface area contributed by atoms with Crippen LogP contribution in [0.4, 0.5) is 11.4 Å². The van der Waals surface area contributed by atoms with Crippen molar-refractivity contribution in [3.63, 3.8) is 0 Å². The van der Waals surface area contributed by atoms with Gasteiger partial charge in [0, 0.05) is 18.8 Å². The van der Waals surface area contributed by atoms with E-state index in [0.717, 1.165) is 12.8 Å². The van der Waals surface area contributed by atoms with Crippen molar-refractivity contribution in [2.45, 2.75) is 39.7 Å². The fraction of sp³-hybridized carbons (Fsp3) is 0.533. The Bertz CT molecular complexity index is 477. The van der Waals surface area contributed by atoms with Gasteiger partial charge < -0.3 is 15.4 Å². The van der Waals surface area contributed by atoms with Gasteiger partial charge in [0.25, 0.3) is 0 Å². The first-order chi connectivity index (χ1) is 9.42. The molecule has 112 valence electrons. The number of esters is 1. The first kappa shape index (κ1) is 16.6. The summed E-state index contributed by atoms with van der Waals surface area (Å²) in [7, 11) is 1.93. The van der Waals surface area contributed by atoms with E-state index in [1.807, 2.05) is 11.9 Å². The molecule has 0 spiro atoms. The molecule has 0 amide bonds. The molecule has 0 saturated heterocycles. The van der Waals surface area contributed by atoms with E-state index in [9.17, 15) is 4.79 Å². The summed E-state index contributed by atoms with van der Waals surface area (Å²) in [6, 6.07) is 3.55. The molecule has 1 atom stereocenters. The first-order valence-corrected chi connectivity index (χ1v) is 7.29. The predicted octanol–water partition coefficient (Wildman–Crippen LogP) is 3.72. The zero-order chi connectivity index (χ0) is 15.3. The molecule has 0 heterocycles. The van der Waals surface area contributed by atoms with Crippen LogP contribution in [0.5, 0.6) is 0 Å². The van der Waals surface area contributed by atoms with E-state index in [-0.39, 0.29) is 6.04 Å². The Balaban J connectivity index is 3.25. The van der Waals surface area contributed by atoms with Crippen LogP contribution in [0.15, 0.2) is 12.1 Å². The van der Waals surface area contributed by atoms with E-state index in [4.69, 9.17) is 22.1 Å². The van der Waals surface area contributed by atoms with E-state index < -0.39 is 5.97 Å². The maximum atomic E-state index is 12.1. The van der Waals surface area contributed by atoms with Gasteiger partial charge in [-0.15, -0.1) is 0 Å². The van der Waals surface area contributed by atoms with Gasteiger partial charge in [-0.05, 0) is 32.4 Å². The van der Waals surface area contributed by atoms with Crippen molar-refractivity contribution in [3.8, 4) is 0 Å². The number of rotatable bonds is 6. The molecule has 0 aliphatic heterocycles. The molecule has 0 aliphatic rings. The van der Waals surface area contributed by atoms with Gasteiger partial charge in [0.15, 0.2) is 0 Å². The smallest absolute Gasteiger partial charge is 0.340 e. The van der Waals surface area contributed by atoms with Gasteiger partial charge in [-0.25, -0.2) is 4.79 Å². The first-order valence-electron chi connectivity index (χ1n) is 6.91. The minimum atomic E-state index is -0.396. The highest BCUT2D eigenvalue weighted by molar-refractivity contribution is 6.34. The molecule has 0 aromatic heterocycles. The molecule has 1 aromatic rings. The summed E-state index contributed by atoms with van der Waals surface area (Å²) in [5.74, 6) is -0.396. The largest absolute Gasteiger partial charge is 0.462 e. The van der Waals surface area contributed by atoms with Crippen LogP contribution < -0.4 is 10.6 Å². The third-order valence-electron chi connectivity index (χ3n) is 3.30. The highest BCUT2D eigenvalue weighted by Gasteiger charge is 2.22. The minimum absolute atomic E-state index is 0.273. The molecule has 1 rings (SSSR count). The zero-order valence-electron chi connectivity index (χ0n) is 12.6. The Hall–Kier alpha value is -1.42. The highest BCUT2D eigenvalue weighted by Crippen LogP contribution is 2.34. The second-order valence-corrected chi connectivity index (χ2v) is 5.28. The molecule has 0 fully saturated rings. The highest BCUT2D eigenvalue weighted by atomic mass is 35.5. The Labute approximate surface area is 125 Å². The lowest BCUT2D eigenvalue weighted by Gasteiger charge is -2.29. The molecule has 1 unspecified atom stereocenters. The maximum Gasteiger partial charge on any atom is 0.340 e. The van der Waals surface area contributed by atoms with Crippen molar-refractivity contribution < 1.29 is 9.53 Å². The maximum absolute atomic E-state index is 12.1. The summed E-state index contributed by atoms with van der Waals surface area (Å²) >= 11 is 6.29. The summed E-state index contributed by atoms with van der Waals surface area (Å²) in [6.07, 6.45) is 2.08. The van der Waals surface area contributed by atoms with E-state index in [0.29, 0.717) is 28.6 Å². The third-order valence-corrected chi connectivity index (χ3v) is 3.59. The fourth-order valence-corrected chi connectivity index (χ4v) is 2.54. The quantitative estimate of drug-likeness (QED) is 0.642. The van der Waals surface area contributed by atoms with E-state index >= 15 is 0 Å². The van der Waals surface area contributed by atoms with Crippen molar-refractivity contribution in [2.24, 2.45) is 0 Å². The summed E-state index contributed by atoms with van der Waals surface area (Å²) in [5.41, 5.74) is 7.34. The Morgan fingerprint density at radius 3 is 2.65 bits per heavy atom. The van der Waals surface area contributed by atoms with Crippen LogP contribution in [0.3, 0.4) is 0 Å². The van der Waals surface area contributed by atoms with Crippen molar-refractivity contribution in [1.82, 2.24) is 0 Å². The lowest BCUT2D eigenvalue weighted by atomic mass is 10.1. The number of nitrogens with zero attached hydrogens (tertiary/aromatic N) is 1. The second-order valence-electron chi connectivity index (χ2n) is 4.87. The number of halogens is 1. The molecule has 1 aromatic carbocycles. The SMILES string of the molecule is CCCC(C)N(C)c1c(Cl)cc(N)cc1C(=O)OCC. The van der Waals surface area contributed by atoms with Gasteiger partial charge in [0.1, 0.15) is 0 Å². The van der Waals surface area contributed by atoms with Gasteiger partial charge in [-0.3, -0.25) is 0 Å². The van der Waals surface area contributed by atoms with E-state index in [1.165, 1.54) is 0 Å². The van der Waals surface area contributed by atoms with E-state index in [1.54, 1.807) is 19.1 Å². The number of hydrogen-bond acceptors (Lipinski definition) is 4. The van der Waals surface area contributed by atoms with Crippen molar-refractivity contribution in [1.29, 1.82) is 0 Å². The lowest BCUT2D eigenvalue weighted by Crippen LogP contribution is -2.30. The Morgan fingerprint density at radius 2 is 2.10 bits per heavy atom. The summed E-state index contributed by atoms with van der Waals surface area (Å²) in [4.78, 5) is 14.1. The van der Waals surface area contributed by atoms with Gasteiger partial charge in [0.2, 0.25) is 0 Å². The van der Waals surface area contributed by atoms with E-state index in [2.05, 4.69) is 13.8 Å². The molecular weight excluding hydrogens is 276 g/mol. The van der Waals surface area contributed by atoms with Crippen LogP contribution >= 0.6 is 11.6 Å². The molecule has 4 nitrogen and oxygen atoms in total. The van der Waals surface area contributed by atoms with Crippen LogP contribution in [0.1, 0.15) is 44.0 Å². The van der Waals surface area contributed by atoms with Crippen molar-refractivity contribution >= 4 is 28.9 Å². The van der Waals surface area contributed by atoms with Gasteiger partial charge >= 0.3 is 5.97 Å². The zero-order valence-corrected chi connectivity index (χ0v) is 13.3. The van der Waals surface area contributed by atoms with Crippen LogP contribution in [0.25, 0.3) is 0 Å². The molecule has 2 N–H and O–H groups in total. The standard InChI is InChI=1S/C15H23ClN2O2/c1-5-7-10(3)18(4)14-12(15(19)20-6-2)8-11(17)9-13(14)16/h8-10H,5-7,17H2,1-4H3. The topological polar surface area (TPSA) is 55.6 Å². The fourth-order valence-electron chi connectivity index (χ4n) is 2.17. The average Bonchev–Trinajstić information content (AvgIpc) is 2.37. The Kier molecular flexibility index (Phi) is 6.14. The van der Waals surface area contributed by atoms with Crippen LogP contribution in [0, 0.1) is 0 Å². The van der Waals surface area contributed by atoms with Gasteiger partial charge in [0.05, 0.1) is 22.9 Å². The van der Waals surface area contributed by atoms with Gasteiger partial charge in [-0.2, -0.15) is 0 Å². The average molecular weight is 299 g/mol. The molecule has 0 saturated carbocycles. The normalized spacial score (nSPS) is 12.1. The van der Waals surface area contributed by atoms with Crippen LogP contribution in [-0.4, -0.2) is 25.7 Å². The van der Waals surface area contributed by atoms with Crippen molar-refractivity contribution in [2.75, 3.05) is 24.3 Å². The number of nitrogen functional groups attached to an aromatic ring is 1. The van der Waals surface area contributed by atoms with Crippen LogP contribution in [-0.2, 0) is 4.74 Å². The lowest BCUT2D eigenvalue weighted by molar-refractivity contribution is 0.0527. The summed E-state index contributed by atoms with van der Waals surface area (Å²) in [5, 5.41) is 0.471. The van der Waals surface area contributed by atoms with Crippen molar-refractivity contribution in [3.05, 3.63) is 22.7 Å². The number of carbonyl (C=O) groups is 1. The Morgan fingerprint density at radius 1 is 1.45 bits per heavy atom. The molecule has 0 aliphatic carbocycles. The van der Waals surface area contributed by atoms with Crippen LogP contribution in [0.2, 0.25) is 5.02 Å². The molecule has 0 bridgehead atoms. The second kappa shape index (κ2) is 7.39. The number of ether oxygens (including phenoxy) is 1. The molecular formula is C15H23ClN2O2. The van der Waals surface area contributed by atoms with Gasteiger partial charge in [-0.1, -0.05) is 24.9 Å². The minimum Gasteiger partial charge on any atom is -0.462 e. The monoisotopic (exact) mass is 298 g/mol. The molecule has 0 radical (unpaired) electrons. The molecule has 5 heteroatoms.